The molecule has 1 N–H and O–H groups in total. The summed E-state index contributed by atoms with van der Waals surface area (Å²) < 4.78 is 0. The number of aliphatic hydroxyl groups is 1. The molecule has 3 heteroatoms. The van der Waals surface area contributed by atoms with Gasteiger partial charge in [0, 0.05) is 25.0 Å². The molecular weight excluding hydrogens is 260 g/mol. The lowest BCUT2D eigenvalue weighted by Gasteiger charge is -2.26. The van der Waals surface area contributed by atoms with Crippen molar-refractivity contribution in [1.29, 1.82) is 0 Å². The number of nitrogens with zero attached hydrogens (tertiary/aromatic N) is 2. The van der Waals surface area contributed by atoms with Gasteiger partial charge in [0.05, 0.1) is 6.10 Å². The molecule has 2 aromatic rings. The summed E-state index contributed by atoms with van der Waals surface area (Å²) in [6, 6.07) is 14.6. The van der Waals surface area contributed by atoms with Crippen LogP contribution in [0, 0.1) is 0 Å². The van der Waals surface area contributed by atoms with E-state index in [0.29, 0.717) is 6.04 Å². The maximum Gasteiger partial charge on any atom is 0.0805 e. The lowest BCUT2D eigenvalue weighted by Crippen LogP contribution is -2.30. The van der Waals surface area contributed by atoms with E-state index in [4.69, 9.17) is 0 Å². The Bertz CT molecular complexity index is 544. The minimum absolute atomic E-state index is 0.366. The highest BCUT2D eigenvalue weighted by atomic mass is 16.3. The van der Waals surface area contributed by atoms with Crippen molar-refractivity contribution in [2.45, 2.75) is 38.0 Å². The highest BCUT2D eigenvalue weighted by Crippen LogP contribution is 2.28. The van der Waals surface area contributed by atoms with Crippen LogP contribution < -0.4 is 0 Å². The Morgan fingerprint density at radius 2 is 1.90 bits per heavy atom. The molecule has 21 heavy (non-hydrogen) atoms. The third-order valence-corrected chi connectivity index (χ3v) is 4.31. The van der Waals surface area contributed by atoms with E-state index in [2.05, 4.69) is 22.0 Å². The Morgan fingerprint density at radius 3 is 2.67 bits per heavy atom. The standard InChI is InChI=1S/C18H22N2O/c21-18(16-5-2-1-3-6-16)13-17-7-4-12-20(17)14-15-8-10-19-11-9-15/h1-3,5-6,8-11,17-18,21H,4,7,12-14H2/t17-,18+/m0/s1. The first kappa shape index (κ1) is 14.2. The maximum absolute atomic E-state index is 10.4. The van der Waals surface area contributed by atoms with Gasteiger partial charge in [-0.05, 0) is 49.1 Å². The number of benzene rings is 1. The average molecular weight is 282 g/mol. The molecule has 0 aliphatic carbocycles. The molecule has 0 saturated carbocycles. The van der Waals surface area contributed by atoms with Crippen molar-refractivity contribution in [3.05, 3.63) is 66.0 Å². The molecule has 0 radical (unpaired) electrons. The van der Waals surface area contributed by atoms with Gasteiger partial charge in [-0.15, -0.1) is 0 Å². The number of pyridine rings is 1. The van der Waals surface area contributed by atoms with E-state index in [1.807, 2.05) is 42.7 Å². The summed E-state index contributed by atoms with van der Waals surface area (Å²) in [5.74, 6) is 0. The van der Waals surface area contributed by atoms with Gasteiger partial charge in [0.1, 0.15) is 0 Å². The number of aromatic nitrogens is 1. The van der Waals surface area contributed by atoms with Gasteiger partial charge in [0.2, 0.25) is 0 Å². The van der Waals surface area contributed by atoms with E-state index in [1.54, 1.807) is 0 Å². The van der Waals surface area contributed by atoms with Gasteiger partial charge in [-0.2, -0.15) is 0 Å². The second kappa shape index (κ2) is 6.83. The Hall–Kier alpha value is -1.71. The summed E-state index contributed by atoms with van der Waals surface area (Å²) in [6.45, 7) is 2.07. The smallest absolute Gasteiger partial charge is 0.0805 e. The average Bonchev–Trinajstić information content (AvgIpc) is 2.96. The number of likely N-dealkylation sites (tertiary alicyclic amines) is 1. The van der Waals surface area contributed by atoms with E-state index in [-0.39, 0.29) is 6.10 Å². The van der Waals surface area contributed by atoms with E-state index < -0.39 is 0 Å². The first-order valence-electron chi connectivity index (χ1n) is 7.69. The topological polar surface area (TPSA) is 36.4 Å². The summed E-state index contributed by atoms with van der Waals surface area (Å²) >= 11 is 0. The molecule has 110 valence electrons. The summed E-state index contributed by atoms with van der Waals surface area (Å²) in [5.41, 5.74) is 2.32. The van der Waals surface area contributed by atoms with Gasteiger partial charge < -0.3 is 5.11 Å². The van der Waals surface area contributed by atoms with Crippen molar-refractivity contribution < 1.29 is 5.11 Å². The fourth-order valence-electron chi connectivity index (χ4n) is 3.16. The quantitative estimate of drug-likeness (QED) is 0.915. The van der Waals surface area contributed by atoms with Crippen LogP contribution in [0.2, 0.25) is 0 Å². The molecule has 0 bridgehead atoms. The molecule has 0 amide bonds. The normalized spacial score (nSPS) is 20.5. The molecule has 1 aromatic carbocycles. The molecule has 1 aromatic heterocycles. The summed E-state index contributed by atoms with van der Waals surface area (Å²) in [6.07, 6.45) is 6.54. The molecule has 3 rings (SSSR count). The van der Waals surface area contributed by atoms with E-state index >= 15 is 0 Å². The molecule has 2 heterocycles. The molecule has 1 saturated heterocycles. The Labute approximate surface area is 126 Å². The number of rotatable bonds is 5. The Balaban J connectivity index is 1.62. The van der Waals surface area contributed by atoms with Crippen LogP contribution in [-0.4, -0.2) is 27.6 Å². The highest BCUT2D eigenvalue weighted by Gasteiger charge is 2.27. The van der Waals surface area contributed by atoms with Crippen LogP contribution in [-0.2, 0) is 6.54 Å². The third kappa shape index (κ3) is 3.69. The number of aliphatic hydroxyl groups excluding tert-OH is 1. The Morgan fingerprint density at radius 1 is 1.14 bits per heavy atom. The van der Waals surface area contributed by atoms with Gasteiger partial charge in [-0.1, -0.05) is 30.3 Å². The summed E-state index contributed by atoms with van der Waals surface area (Å²) in [5, 5.41) is 10.4. The van der Waals surface area contributed by atoms with E-state index in [1.165, 1.54) is 18.4 Å². The Kier molecular flexibility index (Phi) is 4.63. The first-order chi connectivity index (χ1) is 10.3. The predicted octanol–water partition coefficient (Wildman–Crippen LogP) is 3.17. The third-order valence-electron chi connectivity index (χ3n) is 4.31. The lowest BCUT2D eigenvalue weighted by molar-refractivity contribution is 0.118. The zero-order chi connectivity index (χ0) is 14.5. The molecule has 1 fully saturated rings. The van der Waals surface area contributed by atoms with Gasteiger partial charge in [-0.25, -0.2) is 0 Å². The zero-order valence-corrected chi connectivity index (χ0v) is 12.2. The van der Waals surface area contributed by atoms with Gasteiger partial charge >= 0.3 is 0 Å². The van der Waals surface area contributed by atoms with E-state index in [0.717, 1.165) is 25.1 Å². The van der Waals surface area contributed by atoms with Gasteiger partial charge in [-0.3, -0.25) is 9.88 Å². The van der Waals surface area contributed by atoms with Crippen LogP contribution >= 0.6 is 0 Å². The van der Waals surface area contributed by atoms with Crippen LogP contribution in [0.1, 0.15) is 36.5 Å². The van der Waals surface area contributed by atoms with Crippen LogP contribution in [0.15, 0.2) is 54.9 Å². The van der Waals surface area contributed by atoms with Crippen LogP contribution in [0.5, 0.6) is 0 Å². The van der Waals surface area contributed by atoms with Gasteiger partial charge in [0.25, 0.3) is 0 Å². The minimum atomic E-state index is -0.366. The monoisotopic (exact) mass is 282 g/mol. The highest BCUT2D eigenvalue weighted by molar-refractivity contribution is 5.17. The predicted molar refractivity (Wildman–Crippen MR) is 83.7 cm³/mol. The lowest BCUT2D eigenvalue weighted by atomic mass is 10.0. The van der Waals surface area contributed by atoms with Crippen molar-refractivity contribution in [2.75, 3.05) is 6.54 Å². The molecule has 3 nitrogen and oxygen atoms in total. The first-order valence-corrected chi connectivity index (χ1v) is 7.69. The second-order valence-corrected chi connectivity index (χ2v) is 5.78. The summed E-state index contributed by atoms with van der Waals surface area (Å²) in [7, 11) is 0. The molecule has 1 aliphatic rings. The van der Waals surface area contributed by atoms with Gasteiger partial charge in [0.15, 0.2) is 0 Å². The molecule has 1 aliphatic heterocycles. The van der Waals surface area contributed by atoms with Crippen molar-refractivity contribution in [3.8, 4) is 0 Å². The fourth-order valence-corrected chi connectivity index (χ4v) is 3.16. The molecule has 0 spiro atoms. The number of hydrogen-bond donors (Lipinski definition) is 1. The SMILES string of the molecule is O[C@H](C[C@@H]1CCCN1Cc1ccncc1)c1ccccc1. The second-order valence-electron chi connectivity index (χ2n) is 5.78. The summed E-state index contributed by atoms with van der Waals surface area (Å²) in [4.78, 5) is 6.56. The van der Waals surface area contributed by atoms with Crippen LogP contribution in [0.4, 0.5) is 0 Å². The largest absolute Gasteiger partial charge is 0.388 e. The van der Waals surface area contributed by atoms with Crippen molar-refractivity contribution in [1.82, 2.24) is 9.88 Å². The van der Waals surface area contributed by atoms with E-state index in [9.17, 15) is 5.11 Å². The van der Waals surface area contributed by atoms with Crippen LogP contribution in [0.3, 0.4) is 0 Å². The van der Waals surface area contributed by atoms with Crippen molar-refractivity contribution in [3.63, 3.8) is 0 Å². The maximum atomic E-state index is 10.4. The minimum Gasteiger partial charge on any atom is -0.388 e. The number of hydrogen-bond acceptors (Lipinski definition) is 3. The fraction of sp³-hybridized carbons (Fsp3) is 0.389. The van der Waals surface area contributed by atoms with Crippen LogP contribution in [0.25, 0.3) is 0 Å². The van der Waals surface area contributed by atoms with Crippen molar-refractivity contribution in [2.24, 2.45) is 0 Å². The zero-order valence-electron chi connectivity index (χ0n) is 12.2. The molecule has 0 unspecified atom stereocenters. The molecule has 2 atom stereocenters. The molecular formula is C18H22N2O. The van der Waals surface area contributed by atoms with Crippen molar-refractivity contribution >= 4 is 0 Å².